The van der Waals surface area contributed by atoms with E-state index in [1.54, 1.807) is 6.92 Å². The maximum absolute atomic E-state index is 11.3. The van der Waals surface area contributed by atoms with Crippen LogP contribution >= 0.6 is 0 Å². The molecule has 0 aliphatic carbocycles. The number of carbonyl (C=O) groups excluding carboxylic acids is 1. The van der Waals surface area contributed by atoms with Crippen LogP contribution in [0.4, 0.5) is 0 Å². The lowest BCUT2D eigenvalue weighted by Gasteiger charge is -2.17. The van der Waals surface area contributed by atoms with Crippen LogP contribution in [0.15, 0.2) is 11.6 Å². The molecule has 0 bridgehead atoms. The van der Waals surface area contributed by atoms with Crippen molar-refractivity contribution >= 4 is 14.3 Å². The summed E-state index contributed by atoms with van der Waals surface area (Å²) in [5.41, 5.74) is 0.722. The minimum absolute atomic E-state index is 0.156. The predicted molar refractivity (Wildman–Crippen MR) is 53.5 cm³/mol. The van der Waals surface area contributed by atoms with Crippen LogP contribution in [0.5, 0.6) is 0 Å². The second kappa shape index (κ2) is 4.45. The van der Waals surface area contributed by atoms with Crippen LogP contribution in [0.1, 0.15) is 20.3 Å². The molecule has 0 spiro atoms. The molecule has 0 radical (unpaired) electrons. The zero-order valence-corrected chi connectivity index (χ0v) is 9.60. The fourth-order valence-electron chi connectivity index (χ4n) is 0.748. The first-order valence-electron chi connectivity index (χ1n) is 4.27. The number of hydrogen-bond donors (Lipinski definition) is 0. The smallest absolute Gasteiger partial charge is 0.320 e. The van der Waals surface area contributed by atoms with Crippen LogP contribution in [-0.4, -0.2) is 14.3 Å². The normalized spacial score (nSPS) is 12.9. The van der Waals surface area contributed by atoms with Gasteiger partial charge in [-0.05, 0) is 33.0 Å². The lowest BCUT2D eigenvalue weighted by atomic mass is 10.2. The van der Waals surface area contributed by atoms with Gasteiger partial charge in [0.25, 0.3) is 0 Å². The third kappa shape index (κ3) is 5.13. The van der Waals surface area contributed by atoms with Crippen molar-refractivity contribution in [2.45, 2.75) is 39.9 Å². The fraction of sp³-hybridized carbons (Fsp3) is 0.667. The van der Waals surface area contributed by atoms with Gasteiger partial charge in [-0.2, -0.15) is 0 Å². The quantitative estimate of drug-likeness (QED) is 0.500. The predicted octanol–water partition coefficient (Wildman–Crippen LogP) is 2.72. The molecule has 0 aromatic heterocycles. The van der Waals surface area contributed by atoms with Crippen LogP contribution in [-0.2, 0) is 9.22 Å². The van der Waals surface area contributed by atoms with E-state index < -0.39 is 8.32 Å². The van der Waals surface area contributed by atoms with Crippen molar-refractivity contribution in [3.05, 3.63) is 11.6 Å². The van der Waals surface area contributed by atoms with Crippen molar-refractivity contribution in [2.24, 2.45) is 0 Å². The molecule has 0 aliphatic heterocycles. The number of carbonyl (C=O) groups is 1. The Bertz CT molecular complexity index is 189. The first-order chi connectivity index (χ1) is 5.37. The van der Waals surface area contributed by atoms with Crippen molar-refractivity contribution in [1.29, 1.82) is 0 Å². The molecular formula is C9H18O2Si. The van der Waals surface area contributed by atoms with E-state index in [-0.39, 0.29) is 5.97 Å². The van der Waals surface area contributed by atoms with E-state index >= 15 is 0 Å². The van der Waals surface area contributed by atoms with Gasteiger partial charge in [-0.25, -0.2) is 4.79 Å². The topological polar surface area (TPSA) is 26.3 Å². The van der Waals surface area contributed by atoms with Gasteiger partial charge < -0.3 is 4.43 Å². The van der Waals surface area contributed by atoms with E-state index in [1.807, 2.05) is 32.6 Å². The van der Waals surface area contributed by atoms with Crippen LogP contribution in [0, 0.1) is 0 Å². The highest BCUT2D eigenvalue weighted by Crippen LogP contribution is 2.07. The van der Waals surface area contributed by atoms with E-state index in [9.17, 15) is 4.79 Å². The minimum Gasteiger partial charge on any atom is -0.517 e. The molecule has 0 aromatic rings. The standard InChI is InChI=1S/C9H18O2Si/c1-6-7-8(2)9(10)11-12(3,4)5/h7H,6H2,1-5H3. The highest BCUT2D eigenvalue weighted by atomic mass is 28.4. The molecule has 0 aromatic carbocycles. The van der Waals surface area contributed by atoms with Gasteiger partial charge in [0, 0.05) is 5.57 Å². The Kier molecular flexibility index (Phi) is 4.24. The summed E-state index contributed by atoms with van der Waals surface area (Å²) in [7, 11) is -1.70. The fourth-order valence-corrected chi connectivity index (χ4v) is 1.47. The van der Waals surface area contributed by atoms with Crippen molar-refractivity contribution in [3.63, 3.8) is 0 Å². The summed E-state index contributed by atoms with van der Waals surface area (Å²) in [6.07, 6.45) is 2.77. The minimum atomic E-state index is -1.70. The second-order valence-corrected chi connectivity index (χ2v) is 8.23. The molecule has 0 aliphatic rings. The average Bonchev–Trinajstić information content (AvgIpc) is 1.84. The first-order valence-corrected chi connectivity index (χ1v) is 7.67. The van der Waals surface area contributed by atoms with Crippen LogP contribution in [0.2, 0.25) is 19.6 Å². The first kappa shape index (κ1) is 11.4. The Hall–Kier alpha value is -0.573. The summed E-state index contributed by atoms with van der Waals surface area (Å²) >= 11 is 0. The molecule has 0 unspecified atom stereocenters. The lowest BCUT2D eigenvalue weighted by molar-refractivity contribution is -0.130. The Balaban J connectivity index is 4.15. The lowest BCUT2D eigenvalue weighted by Crippen LogP contribution is -2.29. The molecule has 0 saturated heterocycles. The molecule has 70 valence electrons. The SMILES string of the molecule is CCC=C(C)C(=O)O[Si](C)(C)C. The van der Waals surface area contributed by atoms with E-state index in [1.165, 1.54) is 0 Å². The van der Waals surface area contributed by atoms with Crippen molar-refractivity contribution < 1.29 is 9.22 Å². The summed E-state index contributed by atoms with van der Waals surface area (Å²) in [5.74, 6) is -0.156. The molecular weight excluding hydrogens is 168 g/mol. The summed E-state index contributed by atoms with van der Waals surface area (Å²) in [6.45, 7) is 9.82. The molecule has 0 heterocycles. The van der Waals surface area contributed by atoms with E-state index in [0.29, 0.717) is 0 Å². The van der Waals surface area contributed by atoms with Gasteiger partial charge in [-0.1, -0.05) is 13.0 Å². The Morgan fingerprint density at radius 3 is 2.25 bits per heavy atom. The monoisotopic (exact) mass is 186 g/mol. The van der Waals surface area contributed by atoms with Crippen molar-refractivity contribution in [2.75, 3.05) is 0 Å². The third-order valence-corrected chi connectivity index (χ3v) is 2.03. The van der Waals surface area contributed by atoms with Gasteiger partial charge in [0.05, 0.1) is 0 Å². The van der Waals surface area contributed by atoms with Crippen LogP contribution in [0.25, 0.3) is 0 Å². The summed E-state index contributed by atoms with van der Waals surface area (Å²) in [5, 5.41) is 0. The van der Waals surface area contributed by atoms with Gasteiger partial charge >= 0.3 is 5.97 Å². The van der Waals surface area contributed by atoms with Crippen molar-refractivity contribution in [3.8, 4) is 0 Å². The Labute approximate surface area is 75.7 Å². The van der Waals surface area contributed by atoms with Crippen molar-refractivity contribution in [1.82, 2.24) is 0 Å². The number of allylic oxidation sites excluding steroid dienone is 1. The van der Waals surface area contributed by atoms with E-state index in [0.717, 1.165) is 12.0 Å². The van der Waals surface area contributed by atoms with Gasteiger partial charge in [0.2, 0.25) is 8.32 Å². The molecule has 0 atom stereocenters. The zero-order valence-electron chi connectivity index (χ0n) is 8.60. The molecule has 0 saturated carbocycles. The molecule has 0 amide bonds. The largest absolute Gasteiger partial charge is 0.517 e. The molecule has 2 nitrogen and oxygen atoms in total. The van der Waals surface area contributed by atoms with Crippen LogP contribution < -0.4 is 0 Å². The number of rotatable bonds is 3. The highest BCUT2D eigenvalue weighted by molar-refractivity contribution is 6.71. The third-order valence-electron chi connectivity index (χ3n) is 1.23. The Morgan fingerprint density at radius 2 is 1.92 bits per heavy atom. The van der Waals surface area contributed by atoms with Gasteiger partial charge in [-0.3, -0.25) is 0 Å². The summed E-state index contributed by atoms with van der Waals surface area (Å²) in [6, 6.07) is 0. The zero-order chi connectivity index (χ0) is 9.78. The van der Waals surface area contributed by atoms with Gasteiger partial charge in [0.15, 0.2) is 0 Å². The number of hydrogen-bond acceptors (Lipinski definition) is 2. The van der Waals surface area contributed by atoms with Crippen LogP contribution in [0.3, 0.4) is 0 Å². The summed E-state index contributed by atoms with van der Waals surface area (Å²) in [4.78, 5) is 11.3. The maximum Gasteiger partial charge on any atom is 0.320 e. The molecule has 12 heavy (non-hydrogen) atoms. The molecule has 0 rings (SSSR count). The Morgan fingerprint density at radius 1 is 1.42 bits per heavy atom. The van der Waals surface area contributed by atoms with Gasteiger partial charge in [-0.15, -0.1) is 0 Å². The molecule has 3 heteroatoms. The molecule has 0 N–H and O–H groups in total. The summed E-state index contributed by atoms with van der Waals surface area (Å²) < 4.78 is 5.28. The van der Waals surface area contributed by atoms with E-state index in [4.69, 9.17) is 4.43 Å². The second-order valence-electron chi connectivity index (χ2n) is 3.80. The van der Waals surface area contributed by atoms with Gasteiger partial charge in [0.1, 0.15) is 0 Å². The maximum atomic E-state index is 11.3. The average molecular weight is 186 g/mol. The van der Waals surface area contributed by atoms with E-state index in [2.05, 4.69) is 0 Å². The highest BCUT2D eigenvalue weighted by Gasteiger charge is 2.20. The molecule has 0 fully saturated rings.